The second-order valence-corrected chi connectivity index (χ2v) is 6.50. The van der Waals surface area contributed by atoms with Gasteiger partial charge in [0.05, 0.1) is 6.20 Å². The number of aromatic nitrogens is 2. The number of rotatable bonds is 7. The summed E-state index contributed by atoms with van der Waals surface area (Å²) in [4.78, 5) is 2.59. The van der Waals surface area contributed by atoms with Gasteiger partial charge in [-0.1, -0.05) is 20.3 Å². The van der Waals surface area contributed by atoms with Gasteiger partial charge in [-0.05, 0) is 45.1 Å². The van der Waals surface area contributed by atoms with Gasteiger partial charge in [0.2, 0.25) is 0 Å². The molecule has 1 heterocycles. The van der Waals surface area contributed by atoms with Crippen molar-refractivity contribution in [1.82, 2.24) is 14.7 Å². The third kappa shape index (κ3) is 3.67. The zero-order chi connectivity index (χ0) is 15.3. The molecule has 4 nitrogen and oxygen atoms in total. The molecular formula is C17H32N4. The van der Waals surface area contributed by atoms with Gasteiger partial charge in [-0.2, -0.15) is 5.10 Å². The quantitative estimate of drug-likeness (QED) is 0.840. The molecule has 2 rings (SSSR count). The van der Waals surface area contributed by atoms with E-state index in [0.717, 1.165) is 32.1 Å². The van der Waals surface area contributed by atoms with Crippen molar-refractivity contribution in [2.45, 2.75) is 71.5 Å². The van der Waals surface area contributed by atoms with Crippen LogP contribution in [0.2, 0.25) is 0 Å². The number of likely N-dealkylation sites (N-methyl/N-ethyl adjacent to an activating group) is 1. The Morgan fingerprint density at radius 3 is 2.52 bits per heavy atom. The predicted octanol–water partition coefficient (Wildman–Crippen LogP) is 3.02. The summed E-state index contributed by atoms with van der Waals surface area (Å²) in [5.74, 6) is 0.909. The Morgan fingerprint density at radius 2 is 2.05 bits per heavy atom. The molecular weight excluding hydrogens is 260 g/mol. The molecule has 1 aliphatic carbocycles. The summed E-state index contributed by atoms with van der Waals surface area (Å²) in [5.41, 5.74) is 7.74. The minimum atomic E-state index is 0.203. The average molecular weight is 292 g/mol. The van der Waals surface area contributed by atoms with Gasteiger partial charge < -0.3 is 5.73 Å². The van der Waals surface area contributed by atoms with E-state index < -0.39 is 0 Å². The maximum absolute atomic E-state index is 6.22. The highest BCUT2D eigenvalue weighted by Crippen LogP contribution is 2.37. The average Bonchev–Trinajstić information content (AvgIpc) is 3.00. The highest BCUT2D eigenvalue weighted by Gasteiger charge is 2.38. The first-order chi connectivity index (χ1) is 10.2. The molecule has 0 atom stereocenters. The van der Waals surface area contributed by atoms with Crippen LogP contribution < -0.4 is 5.73 Å². The van der Waals surface area contributed by atoms with Crippen LogP contribution in [0.25, 0.3) is 0 Å². The van der Waals surface area contributed by atoms with Crippen LogP contribution >= 0.6 is 0 Å². The first-order valence-electron chi connectivity index (χ1n) is 8.63. The second kappa shape index (κ2) is 7.41. The van der Waals surface area contributed by atoms with Crippen LogP contribution in [-0.4, -0.2) is 33.3 Å². The largest absolute Gasteiger partial charge is 0.329 e. The fourth-order valence-electron chi connectivity index (χ4n) is 3.77. The van der Waals surface area contributed by atoms with Gasteiger partial charge in [-0.3, -0.25) is 9.58 Å². The van der Waals surface area contributed by atoms with Crippen molar-refractivity contribution in [2.75, 3.05) is 13.1 Å². The first-order valence-corrected chi connectivity index (χ1v) is 8.63. The van der Waals surface area contributed by atoms with Crippen molar-refractivity contribution < 1.29 is 0 Å². The van der Waals surface area contributed by atoms with Crippen LogP contribution in [0.5, 0.6) is 0 Å². The predicted molar refractivity (Wildman–Crippen MR) is 88.0 cm³/mol. The summed E-state index contributed by atoms with van der Waals surface area (Å²) in [5, 5.41) is 4.40. The van der Waals surface area contributed by atoms with Gasteiger partial charge >= 0.3 is 0 Å². The molecule has 0 saturated heterocycles. The van der Waals surface area contributed by atoms with Gasteiger partial charge in [0.1, 0.15) is 0 Å². The van der Waals surface area contributed by atoms with Crippen molar-refractivity contribution in [3.63, 3.8) is 0 Å². The molecule has 0 bridgehead atoms. The lowest BCUT2D eigenvalue weighted by molar-refractivity contribution is 0.0392. The van der Waals surface area contributed by atoms with Crippen LogP contribution in [0, 0.1) is 5.92 Å². The second-order valence-electron chi connectivity index (χ2n) is 6.50. The monoisotopic (exact) mass is 292 g/mol. The van der Waals surface area contributed by atoms with E-state index >= 15 is 0 Å². The third-order valence-corrected chi connectivity index (χ3v) is 5.43. The summed E-state index contributed by atoms with van der Waals surface area (Å²) in [6, 6.07) is 0. The van der Waals surface area contributed by atoms with Gasteiger partial charge in [-0.15, -0.1) is 0 Å². The lowest BCUT2D eigenvalue weighted by Gasteiger charge is -2.47. The Morgan fingerprint density at radius 1 is 1.33 bits per heavy atom. The summed E-state index contributed by atoms with van der Waals surface area (Å²) >= 11 is 0. The Bertz CT molecular complexity index is 418. The summed E-state index contributed by atoms with van der Waals surface area (Å²) < 4.78 is 2.01. The van der Waals surface area contributed by atoms with Crippen LogP contribution in [0.3, 0.4) is 0 Å². The summed E-state index contributed by atoms with van der Waals surface area (Å²) in [6.45, 7) is 10.5. The molecule has 120 valence electrons. The van der Waals surface area contributed by atoms with Gasteiger partial charge in [0.25, 0.3) is 0 Å². The zero-order valence-corrected chi connectivity index (χ0v) is 14.0. The molecule has 0 amide bonds. The molecule has 0 spiro atoms. The van der Waals surface area contributed by atoms with Gasteiger partial charge in [0, 0.05) is 36.9 Å². The van der Waals surface area contributed by atoms with E-state index in [0.29, 0.717) is 0 Å². The van der Waals surface area contributed by atoms with Crippen molar-refractivity contribution in [1.29, 1.82) is 0 Å². The molecule has 0 radical (unpaired) electrons. The summed E-state index contributed by atoms with van der Waals surface area (Å²) in [7, 11) is 0. The lowest BCUT2D eigenvalue weighted by Crippen LogP contribution is -2.55. The molecule has 1 saturated carbocycles. The molecule has 1 aromatic rings. The maximum atomic E-state index is 6.22. The third-order valence-electron chi connectivity index (χ3n) is 5.43. The minimum absolute atomic E-state index is 0.203. The number of nitrogens with two attached hydrogens (primary N) is 1. The Hall–Kier alpha value is -0.870. The standard InChI is InChI=1S/C17H32N4/c1-4-15-7-9-17(14-18,10-8-15)20(5-2)12-16-11-19-21(6-3)13-16/h11,13,15H,4-10,12,14,18H2,1-3H3. The van der Waals surface area contributed by atoms with Crippen molar-refractivity contribution in [3.05, 3.63) is 18.0 Å². The summed E-state index contributed by atoms with van der Waals surface area (Å²) in [6.07, 6.45) is 10.7. The topological polar surface area (TPSA) is 47.1 Å². The van der Waals surface area contributed by atoms with Crippen LogP contribution in [0.15, 0.2) is 12.4 Å². The molecule has 0 aromatic carbocycles. The van der Waals surface area contributed by atoms with Crippen molar-refractivity contribution in [2.24, 2.45) is 11.7 Å². The van der Waals surface area contributed by atoms with Crippen LogP contribution in [0.4, 0.5) is 0 Å². The molecule has 2 N–H and O–H groups in total. The molecule has 4 heteroatoms. The SMILES string of the molecule is CCC1CCC(CN)(N(CC)Cc2cnn(CC)c2)CC1. The Labute approximate surface area is 129 Å². The molecule has 0 aliphatic heterocycles. The normalized spacial score (nSPS) is 26.4. The van der Waals surface area contributed by atoms with Crippen LogP contribution in [-0.2, 0) is 13.1 Å². The fraction of sp³-hybridized carbons (Fsp3) is 0.824. The molecule has 21 heavy (non-hydrogen) atoms. The van der Waals surface area contributed by atoms with E-state index in [9.17, 15) is 0 Å². The Balaban J connectivity index is 2.06. The molecule has 1 aromatic heterocycles. The minimum Gasteiger partial charge on any atom is -0.329 e. The van der Waals surface area contributed by atoms with E-state index in [1.165, 1.54) is 37.7 Å². The smallest absolute Gasteiger partial charge is 0.0534 e. The molecule has 1 fully saturated rings. The van der Waals surface area contributed by atoms with Gasteiger partial charge in [0.15, 0.2) is 0 Å². The Kier molecular flexibility index (Phi) is 5.82. The van der Waals surface area contributed by atoms with Crippen LogP contribution in [0.1, 0.15) is 58.4 Å². The molecule has 0 unspecified atom stereocenters. The van der Waals surface area contributed by atoms with Crippen molar-refractivity contribution in [3.8, 4) is 0 Å². The highest BCUT2D eigenvalue weighted by atomic mass is 15.3. The fourth-order valence-corrected chi connectivity index (χ4v) is 3.77. The van der Waals surface area contributed by atoms with E-state index in [4.69, 9.17) is 5.73 Å². The van der Waals surface area contributed by atoms with E-state index in [-0.39, 0.29) is 5.54 Å². The van der Waals surface area contributed by atoms with Crippen molar-refractivity contribution >= 4 is 0 Å². The number of nitrogens with zero attached hydrogens (tertiary/aromatic N) is 3. The van der Waals surface area contributed by atoms with E-state index in [1.54, 1.807) is 0 Å². The van der Waals surface area contributed by atoms with E-state index in [1.807, 2.05) is 10.9 Å². The number of hydrogen-bond donors (Lipinski definition) is 1. The highest BCUT2D eigenvalue weighted by molar-refractivity contribution is 5.06. The maximum Gasteiger partial charge on any atom is 0.0534 e. The van der Waals surface area contributed by atoms with Gasteiger partial charge in [-0.25, -0.2) is 0 Å². The lowest BCUT2D eigenvalue weighted by atomic mass is 9.74. The number of aryl methyl sites for hydroxylation is 1. The number of hydrogen-bond acceptors (Lipinski definition) is 3. The van der Waals surface area contributed by atoms with E-state index in [2.05, 4.69) is 37.0 Å². The first kappa shape index (κ1) is 16.5. The molecule has 1 aliphatic rings. The zero-order valence-electron chi connectivity index (χ0n) is 14.0.